The van der Waals surface area contributed by atoms with Crippen LogP contribution in [0.15, 0.2) is 0 Å². The van der Waals surface area contributed by atoms with E-state index >= 15 is 0 Å². The summed E-state index contributed by atoms with van der Waals surface area (Å²) in [5.74, 6) is 0.0547. The van der Waals surface area contributed by atoms with Crippen LogP contribution in [0.4, 0.5) is 0 Å². The molecule has 1 aliphatic carbocycles. The maximum absolute atomic E-state index is 11.9. The van der Waals surface area contributed by atoms with E-state index in [0.29, 0.717) is 6.54 Å². The normalized spacial score (nSPS) is 26.7. The van der Waals surface area contributed by atoms with E-state index in [-0.39, 0.29) is 18.1 Å². The van der Waals surface area contributed by atoms with Gasteiger partial charge in [-0.25, -0.2) is 4.72 Å². The molecule has 0 heterocycles. The predicted octanol–water partition coefficient (Wildman–Crippen LogP) is 0.712. The number of hydrogen-bond acceptors (Lipinski definition) is 3. The predicted molar refractivity (Wildman–Crippen MR) is 67.8 cm³/mol. The molecule has 6 heteroatoms. The van der Waals surface area contributed by atoms with Gasteiger partial charge in [-0.15, -0.1) is 0 Å². The molecular weight excluding hydrogens is 240 g/mol. The third-order valence-corrected chi connectivity index (χ3v) is 5.21. The van der Waals surface area contributed by atoms with E-state index in [2.05, 4.69) is 4.72 Å². The van der Waals surface area contributed by atoms with Crippen molar-refractivity contribution in [1.29, 1.82) is 0 Å². The highest BCUT2D eigenvalue weighted by Crippen LogP contribution is 2.23. The standard InChI is InChI=1S/C11H24N2O3S/c1-9(2)13(3)17(15,16)12-8-10-6-4-5-7-11(10)14/h9-12,14H,4-8H2,1-3H3. The number of rotatable bonds is 5. The fourth-order valence-corrected chi connectivity index (χ4v) is 3.20. The zero-order valence-corrected chi connectivity index (χ0v) is 11.7. The van der Waals surface area contributed by atoms with Gasteiger partial charge in [0.15, 0.2) is 0 Å². The highest BCUT2D eigenvalue weighted by atomic mass is 32.2. The Morgan fingerprint density at radius 3 is 2.47 bits per heavy atom. The van der Waals surface area contributed by atoms with Gasteiger partial charge in [-0.3, -0.25) is 0 Å². The molecule has 2 atom stereocenters. The lowest BCUT2D eigenvalue weighted by atomic mass is 9.87. The zero-order valence-electron chi connectivity index (χ0n) is 10.9. The highest BCUT2D eigenvalue weighted by Gasteiger charge is 2.26. The van der Waals surface area contributed by atoms with E-state index in [1.807, 2.05) is 13.8 Å². The Kier molecular flexibility index (Phi) is 5.37. The monoisotopic (exact) mass is 264 g/mol. The van der Waals surface area contributed by atoms with Crippen molar-refractivity contribution < 1.29 is 13.5 Å². The molecule has 0 aromatic rings. The molecule has 0 spiro atoms. The SMILES string of the molecule is CC(C)N(C)S(=O)(=O)NCC1CCCCC1O. The average Bonchev–Trinajstić information content (AvgIpc) is 2.27. The topological polar surface area (TPSA) is 69.6 Å². The minimum atomic E-state index is -3.41. The maximum atomic E-state index is 11.9. The van der Waals surface area contributed by atoms with E-state index in [9.17, 15) is 13.5 Å². The van der Waals surface area contributed by atoms with Crippen LogP contribution in [-0.4, -0.2) is 43.6 Å². The summed E-state index contributed by atoms with van der Waals surface area (Å²) in [6.45, 7) is 3.99. The number of hydrogen-bond donors (Lipinski definition) is 2. The van der Waals surface area contributed by atoms with Crippen molar-refractivity contribution in [2.45, 2.75) is 51.7 Å². The van der Waals surface area contributed by atoms with Gasteiger partial charge in [0, 0.05) is 19.6 Å². The number of nitrogens with zero attached hydrogens (tertiary/aromatic N) is 1. The van der Waals surface area contributed by atoms with Gasteiger partial charge in [0.25, 0.3) is 10.2 Å². The summed E-state index contributed by atoms with van der Waals surface area (Å²) >= 11 is 0. The molecule has 102 valence electrons. The molecule has 2 N–H and O–H groups in total. The van der Waals surface area contributed by atoms with Crippen molar-refractivity contribution in [2.75, 3.05) is 13.6 Å². The molecule has 0 aromatic carbocycles. The van der Waals surface area contributed by atoms with Gasteiger partial charge in [0.1, 0.15) is 0 Å². The second-order valence-electron chi connectivity index (χ2n) is 5.08. The van der Waals surface area contributed by atoms with Gasteiger partial charge >= 0.3 is 0 Å². The van der Waals surface area contributed by atoms with Gasteiger partial charge < -0.3 is 5.11 Å². The number of aliphatic hydroxyl groups excluding tert-OH is 1. The van der Waals surface area contributed by atoms with Crippen LogP contribution in [0, 0.1) is 5.92 Å². The Morgan fingerprint density at radius 2 is 1.94 bits per heavy atom. The second-order valence-corrected chi connectivity index (χ2v) is 6.89. The van der Waals surface area contributed by atoms with Gasteiger partial charge in [-0.1, -0.05) is 12.8 Å². The Hall–Kier alpha value is -0.170. The molecule has 5 nitrogen and oxygen atoms in total. The first kappa shape index (κ1) is 14.9. The van der Waals surface area contributed by atoms with E-state index in [0.717, 1.165) is 25.7 Å². The Balaban J connectivity index is 2.49. The minimum absolute atomic E-state index is 0.0547. The molecule has 0 saturated heterocycles. The van der Waals surface area contributed by atoms with Gasteiger partial charge in [-0.2, -0.15) is 12.7 Å². The van der Waals surface area contributed by atoms with Gasteiger partial charge in [-0.05, 0) is 32.6 Å². The van der Waals surface area contributed by atoms with Gasteiger partial charge in [0.2, 0.25) is 0 Å². The fourth-order valence-electron chi connectivity index (χ4n) is 2.02. The molecule has 0 radical (unpaired) electrons. The third-order valence-electron chi connectivity index (χ3n) is 3.50. The molecule has 0 bridgehead atoms. The first-order valence-corrected chi connectivity index (χ1v) is 7.69. The van der Waals surface area contributed by atoms with Crippen LogP contribution in [-0.2, 0) is 10.2 Å². The van der Waals surface area contributed by atoms with E-state index in [4.69, 9.17) is 0 Å². The van der Waals surface area contributed by atoms with Crippen LogP contribution in [0.1, 0.15) is 39.5 Å². The number of nitrogens with one attached hydrogen (secondary N) is 1. The molecule has 1 rings (SSSR count). The lowest BCUT2D eigenvalue weighted by Gasteiger charge is -2.29. The number of aliphatic hydroxyl groups is 1. The van der Waals surface area contributed by atoms with Crippen LogP contribution >= 0.6 is 0 Å². The largest absolute Gasteiger partial charge is 0.393 e. The highest BCUT2D eigenvalue weighted by molar-refractivity contribution is 7.87. The molecule has 0 amide bonds. The molecule has 1 saturated carbocycles. The van der Waals surface area contributed by atoms with Crippen LogP contribution in [0.25, 0.3) is 0 Å². The smallest absolute Gasteiger partial charge is 0.279 e. The average molecular weight is 264 g/mol. The van der Waals surface area contributed by atoms with E-state index < -0.39 is 10.2 Å². The Labute approximate surface area is 104 Å². The second kappa shape index (κ2) is 6.13. The van der Waals surface area contributed by atoms with Crippen molar-refractivity contribution in [2.24, 2.45) is 5.92 Å². The maximum Gasteiger partial charge on any atom is 0.279 e. The molecule has 17 heavy (non-hydrogen) atoms. The lowest BCUT2D eigenvalue weighted by molar-refractivity contribution is 0.0722. The third kappa shape index (κ3) is 4.21. The van der Waals surface area contributed by atoms with Crippen molar-refractivity contribution in [3.05, 3.63) is 0 Å². The molecule has 0 aliphatic heterocycles. The summed E-state index contributed by atoms with van der Waals surface area (Å²) in [4.78, 5) is 0. The van der Waals surface area contributed by atoms with Crippen LogP contribution in [0.5, 0.6) is 0 Å². The van der Waals surface area contributed by atoms with E-state index in [1.165, 1.54) is 4.31 Å². The first-order valence-electron chi connectivity index (χ1n) is 6.25. The molecule has 1 fully saturated rings. The molecule has 0 aromatic heterocycles. The zero-order chi connectivity index (χ0) is 13.1. The van der Waals surface area contributed by atoms with Crippen LogP contribution in [0.3, 0.4) is 0 Å². The summed E-state index contributed by atoms with van der Waals surface area (Å²) in [5, 5.41) is 9.77. The Bertz CT molecular complexity index is 330. The van der Waals surface area contributed by atoms with Crippen LogP contribution in [0.2, 0.25) is 0 Å². The summed E-state index contributed by atoms with van der Waals surface area (Å²) in [6.07, 6.45) is 3.43. The Morgan fingerprint density at radius 1 is 1.35 bits per heavy atom. The fraction of sp³-hybridized carbons (Fsp3) is 1.00. The van der Waals surface area contributed by atoms with Crippen LogP contribution < -0.4 is 4.72 Å². The van der Waals surface area contributed by atoms with Crippen molar-refractivity contribution in [1.82, 2.24) is 9.03 Å². The summed E-state index contributed by atoms with van der Waals surface area (Å²) < 4.78 is 27.6. The first-order chi connectivity index (χ1) is 7.84. The molecular formula is C11H24N2O3S. The molecule has 1 aliphatic rings. The van der Waals surface area contributed by atoms with Crippen molar-refractivity contribution in [3.63, 3.8) is 0 Å². The quantitative estimate of drug-likeness (QED) is 0.768. The lowest BCUT2D eigenvalue weighted by Crippen LogP contribution is -2.45. The van der Waals surface area contributed by atoms with Crippen molar-refractivity contribution in [3.8, 4) is 0 Å². The summed E-state index contributed by atoms with van der Waals surface area (Å²) in [5.41, 5.74) is 0. The molecule has 2 unspecified atom stereocenters. The minimum Gasteiger partial charge on any atom is -0.393 e. The van der Waals surface area contributed by atoms with Crippen molar-refractivity contribution >= 4 is 10.2 Å². The van der Waals surface area contributed by atoms with Gasteiger partial charge in [0.05, 0.1) is 6.10 Å². The summed E-state index contributed by atoms with van der Waals surface area (Å²) in [6, 6.07) is -0.0659. The van der Waals surface area contributed by atoms with E-state index in [1.54, 1.807) is 7.05 Å². The summed E-state index contributed by atoms with van der Waals surface area (Å²) in [7, 11) is -1.85.